The number of amides is 1. The lowest BCUT2D eigenvalue weighted by molar-refractivity contribution is -0.123. The van der Waals surface area contributed by atoms with Crippen LogP contribution < -0.4 is 25.2 Å². The van der Waals surface area contributed by atoms with Crippen molar-refractivity contribution < 1.29 is 14.3 Å². The zero-order valence-corrected chi connectivity index (χ0v) is 28.1. The maximum Gasteiger partial charge on any atom is 0.229 e. The molecule has 0 spiro atoms. The van der Waals surface area contributed by atoms with E-state index in [0.717, 1.165) is 60.3 Å². The van der Waals surface area contributed by atoms with Gasteiger partial charge in [0.25, 0.3) is 0 Å². The van der Waals surface area contributed by atoms with Gasteiger partial charge >= 0.3 is 0 Å². The summed E-state index contributed by atoms with van der Waals surface area (Å²) in [5.41, 5.74) is 7.52. The molecule has 46 heavy (non-hydrogen) atoms. The molecule has 0 bridgehead atoms. The molecule has 6 rings (SSSR count). The first-order chi connectivity index (χ1) is 22.1. The molecule has 2 aliphatic rings. The Morgan fingerprint density at radius 1 is 1.00 bits per heavy atom. The van der Waals surface area contributed by atoms with Crippen molar-refractivity contribution in [3.63, 3.8) is 0 Å². The van der Waals surface area contributed by atoms with Gasteiger partial charge in [-0.3, -0.25) is 9.78 Å². The van der Waals surface area contributed by atoms with E-state index in [0.29, 0.717) is 16.5 Å². The summed E-state index contributed by atoms with van der Waals surface area (Å²) in [7, 11) is 1.61. The molecule has 2 fully saturated rings. The Bertz CT molecular complexity index is 1730. The molecule has 10 heteroatoms. The van der Waals surface area contributed by atoms with E-state index in [-0.39, 0.29) is 18.0 Å². The van der Waals surface area contributed by atoms with Crippen LogP contribution in [-0.4, -0.2) is 54.0 Å². The molecule has 0 unspecified atom stereocenters. The van der Waals surface area contributed by atoms with Gasteiger partial charge in [0.15, 0.2) is 5.11 Å². The standard InChI is InChI=1S/C36H42N6O3S/c1-23-21-28(24(2)41(23)26-12-10-25(11-13-26)40-17-19-45-20-18-40)33-32(30-9-7-8-16-37-30)39-35(46)42(33)27-14-15-29(31(22-27)44-6)38-34(43)36(3,4)5/h7-16,21-22,32-33H,17-20H2,1-6H3,(H,38,43)(H,39,46)/t32-,33+/m0/s1. The highest BCUT2D eigenvalue weighted by Gasteiger charge is 2.42. The molecule has 4 aromatic rings. The number of nitrogens with zero attached hydrogens (tertiary/aromatic N) is 4. The summed E-state index contributed by atoms with van der Waals surface area (Å²) >= 11 is 6.02. The first-order valence-electron chi connectivity index (χ1n) is 15.7. The molecule has 9 nitrogen and oxygen atoms in total. The number of carbonyl (C=O) groups is 1. The normalized spacial score (nSPS) is 18.4. The molecule has 2 aliphatic heterocycles. The van der Waals surface area contributed by atoms with Crippen LogP contribution in [-0.2, 0) is 9.53 Å². The predicted octanol–water partition coefficient (Wildman–Crippen LogP) is 6.50. The molecule has 1 amide bonds. The van der Waals surface area contributed by atoms with Gasteiger partial charge < -0.3 is 34.5 Å². The number of aromatic nitrogens is 2. The third-order valence-electron chi connectivity index (χ3n) is 8.76. The number of methoxy groups -OCH3 is 1. The highest BCUT2D eigenvalue weighted by atomic mass is 32.1. The molecule has 0 aliphatic carbocycles. The molecule has 0 saturated carbocycles. The van der Waals surface area contributed by atoms with E-state index in [1.165, 1.54) is 5.69 Å². The van der Waals surface area contributed by atoms with Crippen LogP contribution in [0.3, 0.4) is 0 Å². The van der Waals surface area contributed by atoms with Gasteiger partial charge in [0.2, 0.25) is 5.91 Å². The third-order valence-corrected chi connectivity index (χ3v) is 9.08. The minimum absolute atomic E-state index is 0.0876. The lowest BCUT2D eigenvalue weighted by Gasteiger charge is -2.29. The van der Waals surface area contributed by atoms with Crippen LogP contribution in [0.15, 0.2) is 72.9 Å². The lowest BCUT2D eigenvalue weighted by atomic mass is 9.95. The number of benzene rings is 2. The van der Waals surface area contributed by atoms with Crippen molar-refractivity contribution in [3.8, 4) is 11.4 Å². The first kappa shape index (κ1) is 31.6. The van der Waals surface area contributed by atoms with Crippen molar-refractivity contribution in [3.05, 3.63) is 95.6 Å². The van der Waals surface area contributed by atoms with Gasteiger partial charge in [-0.15, -0.1) is 0 Å². The first-order valence-corrected chi connectivity index (χ1v) is 16.1. The van der Waals surface area contributed by atoms with Crippen molar-refractivity contribution >= 4 is 40.3 Å². The smallest absolute Gasteiger partial charge is 0.229 e. The van der Waals surface area contributed by atoms with Crippen LogP contribution in [0.4, 0.5) is 17.1 Å². The number of rotatable bonds is 7. The predicted molar refractivity (Wildman–Crippen MR) is 187 cm³/mol. The number of morpholine rings is 1. The van der Waals surface area contributed by atoms with Crippen molar-refractivity contribution in [2.75, 3.05) is 48.5 Å². The van der Waals surface area contributed by atoms with Gasteiger partial charge in [0.1, 0.15) is 5.75 Å². The molecule has 240 valence electrons. The molecule has 4 heterocycles. The zero-order valence-electron chi connectivity index (χ0n) is 27.3. The third kappa shape index (κ3) is 6.07. The van der Waals surface area contributed by atoms with Gasteiger partial charge in [0.05, 0.1) is 43.8 Å². The Morgan fingerprint density at radius 2 is 1.70 bits per heavy atom. The largest absolute Gasteiger partial charge is 0.494 e. The minimum Gasteiger partial charge on any atom is -0.494 e. The highest BCUT2D eigenvalue weighted by molar-refractivity contribution is 7.80. The molecule has 2 N–H and O–H groups in total. The van der Waals surface area contributed by atoms with E-state index in [1.807, 2.05) is 63.4 Å². The summed E-state index contributed by atoms with van der Waals surface area (Å²) in [5.74, 6) is 0.471. The van der Waals surface area contributed by atoms with Crippen LogP contribution in [0.2, 0.25) is 0 Å². The van der Waals surface area contributed by atoms with E-state index >= 15 is 0 Å². The number of nitrogens with one attached hydrogen (secondary N) is 2. The average molecular weight is 639 g/mol. The Labute approximate surface area is 276 Å². The van der Waals surface area contributed by atoms with Crippen LogP contribution in [0.25, 0.3) is 5.69 Å². The summed E-state index contributed by atoms with van der Waals surface area (Å²) in [6.07, 6.45) is 1.81. The number of ether oxygens (including phenoxy) is 2. The lowest BCUT2D eigenvalue weighted by Crippen LogP contribution is -2.36. The molecule has 2 saturated heterocycles. The monoisotopic (exact) mass is 638 g/mol. The second-order valence-electron chi connectivity index (χ2n) is 12.9. The highest BCUT2D eigenvalue weighted by Crippen LogP contribution is 2.45. The number of aryl methyl sites for hydroxylation is 1. The summed E-state index contributed by atoms with van der Waals surface area (Å²) in [6, 6.07) is 22.4. The molecular formula is C36H42N6O3S. The van der Waals surface area contributed by atoms with Gasteiger partial charge in [0, 0.05) is 59.2 Å². The number of hydrogen-bond donors (Lipinski definition) is 2. The van der Waals surface area contributed by atoms with E-state index in [2.05, 4.69) is 69.2 Å². The Morgan fingerprint density at radius 3 is 2.35 bits per heavy atom. The second-order valence-corrected chi connectivity index (χ2v) is 13.2. The number of thiocarbonyl (C=S) groups is 1. The quantitative estimate of drug-likeness (QED) is 0.222. The molecule has 2 aromatic heterocycles. The number of carbonyl (C=O) groups excluding carboxylic acids is 1. The zero-order chi connectivity index (χ0) is 32.6. The fourth-order valence-electron chi connectivity index (χ4n) is 6.31. The van der Waals surface area contributed by atoms with Gasteiger partial charge in [-0.05, 0) is 86.2 Å². The fraction of sp³-hybridized carbons (Fsp3) is 0.361. The fourth-order valence-corrected chi connectivity index (χ4v) is 6.66. The van der Waals surface area contributed by atoms with Gasteiger partial charge in [-0.1, -0.05) is 26.8 Å². The number of anilines is 3. The molecule has 2 aromatic carbocycles. The Hall–Kier alpha value is -4.41. The van der Waals surface area contributed by atoms with Crippen LogP contribution in [0.1, 0.15) is 55.5 Å². The van der Waals surface area contributed by atoms with Crippen LogP contribution in [0.5, 0.6) is 5.75 Å². The van der Waals surface area contributed by atoms with Gasteiger partial charge in [-0.25, -0.2) is 0 Å². The maximum absolute atomic E-state index is 12.8. The van der Waals surface area contributed by atoms with Gasteiger partial charge in [-0.2, -0.15) is 0 Å². The van der Waals surface area contributed by atoms with Crippen molar-refractivity contribution in [1.29, 1.82) is 0 Å². The molecular weight excluding hydrogens is 597 g/mol. The maximum atomic E-state index is 12.8. The van der Waals surface area contributed by atoms with Crippen LogP contribution >= 0.6 is 12.2 Å². The molecule has 0 radical (unpaired) electrons. The Kier molecular flexibility index (Phi) is 8.76. The second kappa shape index (κ2) is 12.8. The van der Waals surface area contributed by atoms with E-state index in [9.17, 15) is 4.79 Å². The van der Waals surface area contributed by atoms with Crippen molar-refractivity contribution in [2.24, 2.45) is 5.41 Å². The van der Waals surface area contributed by atoms with E-state index in [4.69, 9.17) is 26.7 Å². The summed E-state index contributed by atoms with van der Waals surface area (Å²) in [6.45, 7) is 13.3. The SMILES string of the molecule is COc1cc(N2C(=S)N[C@@H](c3ccccn3)[C@H]2c2cc(C)n(-c3ccc(N4CCOCC4)cc3)c2C)ccc1NC(=O)C(C)(C)C. The summed E-state index contributed by atoms with van der Waals surface area (Å²) in [5, 5.41) is 7.18. The van der Waals surface area contributed by atoms with E-state index < -0.39 is 5.41 Å². The topological polar surface area (TPSA) is 83.9 Å². The number of hydrogen-bond acceptors (Lipinski definition) is 6. The summed E-state index contributed by atoms with van der Waals surface area (Å²) < 4.78 is 13.6. The molecule has 2 atom stereocenters. The van der Waals surface area contributed by atoms with Crippen molar-refractivity contribution in [1.82, 2.24) is 14.9 Å². The summed E-state index contributed by atoms with van der Waals surface area (Å²) in [4.78, 5) is 22.0. The van der Waals surface area contributed by atoms with E-state index in [1.54, 1.807) is 7.11 Å². The number of pyridine rings is 1. The van der Waals surface area contributed by atoms with Crippen LogP contribution in [0, 0.1) is 19.3 Å². The Balaban J connectivity index is 1.40. The minimum atomic E-state index is -0.545. The van der Waals surface area contributed by atoms with Crippen molar-refractivity contribution in [2.45, 2.75) is 46.7 Å². The average Bonchev–Trinajstić information content (AvgIpc) is 3.56.